The van der Waals surface area contributed by atoms with E-state index in [1.165, 1.54) is 0 Å². The number of amides is 1. The summed E-state index contributed by atoms with van der Waals surface area (Å²) >= 11 is 2.16. The molecular weight excluding hydrogens is 471 g/mol. The second-order valence-electron chi connectivity index (χ2n) is 8.40. The number of rotatable bonds is 2. The lowest BCUT2D eigenvalue weighted by molar-refractivity contribution is 0.0527. The Bertz CT molecular complexity index is 822. The number of nitrogens with one attached hydrogen (secondary N) is 2. The van der Waals surface area contributed by atoms with Crippen LogP contribution in [-0.2, 0) is 4.74 Å². The van der Waals surface area contributed by atoms with Crippen LogP contribution in [0.4, 0.5) is 10.6 Å². The number of hydrogen-bond acceptors (Lipinski definition) is 7. The van der Waals surface area contributed by atoms with Gasteiger partial charge < -0.3 is 15.1 Å². The molecule has 0 saturated carbocycles. The number of fused-ring (bicyclic) bond motifs is 1. The second kappa shape index (κ2) is 7.09. The standard InChI is InChI=1S/C19H25IN6O2/c1-18(2,3)28-17(27)24-16-13-4-7-23-26(13)12-19(16)5-8-25(9-6-19)15-11-21-14(20)10-22-15/h4,7,10-11,23H,5-6,8-9,12H2,1-3H3,(H,24,27). The van der Waals surface area contributed by atoms with E-state index in [1.807, 2.05) is 39.2 Å². The van der Waals surface area contributed by atoms with Gasteiger partial charge in [0.1, 0.15) is 15.1 Å². The van der Waals surface area contributed by atoms with Crippen LogP contribution in [0.25, 0.3) is 0 Å². The number of piperidine rings is 1. The first-order chi connectivity index (χ1) is 13.3. The van der Waals surface area contributed by atoms with Gasteiger partial charge in [-0.25, -0.2) is 14.8 Å². The van der Waals surface area contributed by atoms with Crippen molar-refractivity contribution in [2.45, 2.75) is 39.2 Å². The van der Waals surface area contributed by atoms with E-state index in [1.54, 1.807) is 6.20 Å². The van der Waals surface area contributed by atoms with Crippen molar-refractivity contribution >= 4 is 34.5 Å². The summed E-state index contributed by atoms with van der Waals surface area (Å²) in [6, 6.07) is 0. The minimum absolute atomic E-state index is 0.114. The van der Waals surface area contributed by atoms with Gasteiger partial charge in [0.15, 0.2) is 0 Å². The third kappa shape index (κ3) is 3.76. The minimum Gasteiger partial charge on any atom is -0.444 e. The molecule has 1 aromatic rings. The van der Waals surface area contributed by atoms with E-state index in [9.17, 15) is 4.79 Å². The largest absolute Gasteiger partial charge is 0.444 e. The fourth-order valence-electron chi connectivity index (χ4n) is 4.01. The molecule has 1 spiro atoms. The number of halogens is 1. The Labute approximate surface area is 178 Å². The van der Waals surface area contributed by atoms with Crippen molar-refractivity contribution in [2.24, 2.45) is 5.41 Å². The number of carbonyl (C=O) groups excluding carboxylic acids is 1. The minimum atomic E-state index is -0.530. The van der Waals surface area contributed by atoms with Crippen molar-refractivity contribution in [1.82, 2.24) is 25.7 Å². The van der Waals surface area contributed by atoms with Gasteiger partial charge in [-0.3, -0.25) is 10.3 Å². The predicted molar refractivity (Wildman–Crippen MR) is 114 cm³/mol. The highest BCUT2D eigenvalue weighted by Gasteiger charge is 2.48. The molecule has 0 aromatic carbocycles. The zero-order valence-electron chi connectivity index (χ0n) is 16.3. The van der Waals surface area contributed by atoms with Crippen LogP contribution in [0.15, 0.2) is 36.1 Å². The van der Waals surface area contributed by atoms with Gasteiger partial charge in [-0.15, -0.1) is 0 Å². The van der Waals surface area contributed by atoms with Gasteiger partial charge in [-0.05, 0) is 62.3 Å². The number of alkyl carbamates (subject to hydrolysis) is 1. The molecule has 0 unspecified atom stereocenters. The van der Waals surface area contributed by atoms with Gasteiger partial charge in [0.2, 0.25) is 0 Å². The smallest absolute Gasteiger partial charge is 0.411 e. The normalized spacial score (nSPS) is 20.4. The van der Waals surface area contributed by atoms with E-state index in [-0.39, 0.29) is 5.41 Å². The Balaban J connectivity index is 1.52. The highest BCUT2D eigenvalue weighted by molar-refractivity contribution is 14.1. The monoisotopic (exact) mass is 496 g/mol. The summed E-state index contributed by atoms with van der Waals surface area (Å²) in [5, 5.41) is 5.17. The van der Waals surface area contributed by atoms with Crippen molar-refractivity contribution in [3.8, 4) is 0 Å². The van der Waals surface area contributed by atoms with Crippen molar-refractivity contribution in [3.05, 3.63) is 39.8 Å². The summed E-state index contributed by atoms with van der Waals surface area (Å²) < 4.78 is 6.39. The summed E-state index contributed by atoms with van der Waals surface area (Å²) in [6.07, 6.45) is 8.96. The van der Waals surface area contributed by atoms with Crippen LogP contribution in [-0.4, -0.2) is 46.3 Å². The van der Waals surface area contributed by atoms with Crippen LogP contribution >= 0.6 is 22.6 Å². The molecule has 2 N–H and O–H groups in total. The number of hydrogen-bond donors (Lipinski definition) is 2. The Morgan fingerprint density at radius 3 is 2.68 bits per heavy atom. The molecule has 28 heavy (non-hydrogen) atoms. The van der Waals surface area contributed by atoms with Crippen molar-refractivity contribution in [3.63, 3.8) is 0 Å². The molecule has 8 nitrogen and oxygen atoms in total. The zero-order valence-corrected chi connectivity index (χ0v) is 18.5. The van der Waals surface area contributed by atoms with Crippen LogP contribution in [0, 0.1) is 9.12 Å². The van der Waals surface area contributed by atoms with Gasteiger partial charge in [0, 0.05) is 24.7 Å². The molecule has 3 aliphatic rings. The predicted octanol–water partition coefficient (Wildman–Crippen LogP) is 2.75. The fraction of sp³-hybridized carbons (Fsp3) is 0.526. The maximum atomic E-state index is 12.5. The molecule has 0 radical (unpaired) electrons. The quantitative estimate of drug-likeness (QED) is 0.610. The van der Waals surface area contributed by atoms with Gasteiger partial charge in [-0.2, -0.15) is 0 Å². The van der Waals surface area contributed by atoms with E-state index in [4.69, 9.17) is 4.74 Å². The van der Waals surface area contributed by atoms with Crippen LogP contribution < -0.4 is 15.6 Å². The van der Waals surface area contributed by atoms with E-state index in [2.05, 4.69) is 53.2 Å². The lowest BCUT2D eigenvalue weighted by atomic mass is 9.76. The molecule has 1 amide bonds. The van der Waals surface area contributed by atoms with E-state index >= 15 is 0 Å². The maximum Gasteiger partial charge on any atom is 0.411 e. The average Bonchev–Trinajstić information content (AvgIpc) is 3.16. The SMILES string of the molecule is CC(C)(C)OC(=O)NC1=C2C=CNN2CC12CCN(c1cnc(I)cn1)CC2. The first-order valence-corrected chi connectivity index (χ1v) is 10.5. The van der Waals surface area contributed by atoms with Crippen molar-refractivity contribution < 1.29 is 9.53 Å². The summed E-state index contributed by atoms with van der Waals surface area (Å²) in [5.74, 6) is 0.904. The van der Waals surface area contributed by atoms with E-state index < -0.39 is 11.7 Å². The third-order valence-corrected chi connectivity index (χ3v) is 5.84. The summed E-state index contributed by atoms with van der Waals surface area (Å²) in [6.45, 7) is 8.17. The third-order valence-electron chi connectivity index (χ3n) is 5.29. The molecule has 1 saturated heterocycles. The highest BCUT2D eigenvalue weighted by Crippen LogP contribution is 2.46. The van der Waals surface area contributed by atoms with E-state index in [0.29, 0.717) is 0 Å². The van der Waals surface area contributed by atoms with Gasteiger partial charge >= 0.3 is 6.09 Å². The number of allylic oxidation sites excluding steroid dienone is 1. The Hall–Kier alpha value is -2.04. The maximum absolute atomic E-state index is 12.5. The molecule has 1 aromatic heterocycles. The first-order valence-electron chi connectivity index (χ1n) is 9.43. The summed E-state index contributed by atoms with van der Waals surface area (Å²) in [4.78, 5) is 23.6. The molecule has 4 rings (SSSR count). The first kappa shape index (κ1) is 19.3. The molecule has 0 aliphatic carbocycles. The lowest BCUT2D eigenvalue weighted by Crippen LogP contribution is -2.47. The number of anilines is 1. The van der Waals surface area contributed by atoms with Crippen LogP contribution in [0.5, 0.6) is 0 Å². The van der Waals surface area contributed by atoms with Gasteiger partial charge in [0.05, 0.1) is 30.3 Å². The summed E-state index contributed by atoms with van der Waals surface area (Å²) in [7, 11) is 0. The lowest BCUT2D eigenvalue weighted by Gasteiger charge is -2.41. The fourth-order valence-corrected chi connectivity index (χ4v) is 4.29. The molecular formula is C19H25IN6O2. The number of aromatic nitrogens is 2. The van der Waals surface area contributed by atoms with Crippen molar-refractivity contribution in [1.29, 1.82) is 0 Å². The average molecular weight is 496 g/mol. The topological polar surface area (TPSA) is 82.6 Å². The molecule has 4 heterocycles. The molecule has 9 heteroatoms. The number of carbonyl (C=O) groups is 1. The molecule has 1 fully saturated rings. The molecule has 0 atom stereocenters. The van der Waals surface area contributed by atoms with E-state index in [0.717, 1.165) is 53.4 Å². The molecule has 3 aliphatic heterocycles. The highest BCUT2D eigenvalue weighted by atomic mass is 127. The van der Waals surface area contributed by atoms with Crippen LogP contribution in [0.2, 0.25) is 0 Å². The molecule has 150 valence electrons. The van der Waals surface area contributed by atoms with Gasteiger partial charge in [-0.1, -0.05) is 0 Å². The Morgan fingerprint density at radius 2 is 2.04 bits per heavy atom. The summed E-state index contributed by atoms with van der Waals surface area (Å²) in [5.41, 5.74) is 4.59. The van der Waals surface area contributed by atoms with Crippen LogP contribution in [0.1, 0.15) is 33.6 Å². The van der Waals surface area contributed by atoms with Gasteiger partial charge in [0.25, 0.3) is 0 Å². The van der Waals surface area contributed by atoms with Crippen molar-refractivity contribution in [2.75, 3.05) is 24.5 Å². The van der Waals surface area contributed by atoms with Crippen LogP contribution in [0.3, 0.4) is 0 Å². The zero-order chi connectivity index (χ0) is 19.9. The Kier molecular flexibility index (Phi) is 4.88. The number of nitrogens with zero attached hydrogens (tertiary/aromatic N) is 4. The number of ether oxygens (including phenoxy) is 1. The number of hydrazine groups is 1. The molecule has 0 bridgehead atoms. The second-order valence-corrected chi connectivity index (χ2v) is 9.51. The Morgan fingerprint density at radius 1 is 1.29 bits per heavy atom.